The van der Waals surface area contributed by atoms with Gasteiger partial charge in [-0.1, -0.05) is 25.1 Å². The predicted octanol–water partition coefficient (Wildman–Crippen LogP) is 0.423. The molecule has 1 unspecified atom stereocenters. The lowest BCUT2D eigenvalue weighted by atomic mass is 9.95. The van der Waals surface area contributed by atoms with Crippen LogP contribution in [0.4, 0.5) is 0 Å². The molecule has 0 fully saturated rings. The van der Waals surface area contributed by atoms with Gasteiger partial charge in [0, 0.05) is 11.1 Å². The van der Waals surface area contributed by atoms with Crippen LogP contribution in [0.3, 0.4) is 0 Å². The number of ketones is 1. The quantitative estimate of drug-likeness (QED) is 0.465. The standard InChI is InChI=1S/C13H13O5/c1-3-8-5-4-6-9(10(8)7-14)11(15)12(16)13(17)18-2/h4-6,12,16H,3H2,1-2H3. The highest BCUT2D eigenvalue weighted by molar-refractivity contribution is 6.14. The van der Waals surface area contributed by atoms with Crippen molar-refractivity contribution in [3.05, 3.63) is 34.9 Å². The van der Waals surface area contributed by atoms with Crippen LogP contribution in [0.15, 0.2) is 18.2 Å². The van der Waals surface area contributed by atoms with Gasteiger partial charge >= 0.3 is 5.97 Å². The van der Waals surface area contributed by atoms with Gasteiger partial charge in [0.1, 0.15) is 0 Å². The van der Waals surface area contributed by atoms with Crippen LogP contribution in [-0.4, -0.2) is 36.4 Å². The Morgan fingerprint density at radius 2 is 2.11 bits per heavy atom. The van der Waals surface area contributed by atoms with Crippen molar-refractivity contribution >= 4 is 18.0 Å². The monoisotopic (exact) mass is 249 g/mol. The van der Waals surface area contributed by atoms with Gasteiger partial charge in [0.15, 0.2) is 0 Å². The molecule has 1 atom stereocenters. The first-order valence-corrected chi connectivity index (χ1v) is 5.36. The smallest absolute Gasteiger partial charge is 0.342 e. The maximum absolute atomic E-state index is 11.9. The Balaban J connectivity index is 3.21. The minimum atomic E-state index is -1.92. The van der Waals surface area contributed by atoms with Crippen molar-refractivity contribution in [2.45, 2.75) is 19.4 Å². The third-order valence-corrected chi connectivity index (χ3v) is 2.57. The largest absolute Gasteiger partial charge is 0.467 e. The van der Waals surface area contributed by atoms with Crippen molar-refractivity contribution < 1.29 is 24.2 Å². The predicted molar refractivity (Wildman–Crippen MR) is 63.0 cm³/mol. The van der Waals surface area contributed by atoms with Gasteiger partial charge in [0.2, 0.25) is 18.2 Å². The summed E-state index contributed by atoms with van der Waals surface area (Å²) >= 11 is 0. The summed E-state index contributed by atoms with van der Waals surface area (Å²) in [5.41, 5.74) is 0.683. The molecule has 5 nitrogen and oxygen atoms in total. The maximum Gasteiger partial charge on any atom is 0.342 e. The number of methoxy groups -OCH3 is 1. The summed E-state index contributed by atoms with van der Waals surface area (Å²) in [6.45, 7) is 1.82. The van der Waals surface area contributed by atoms with Gasteiger partial charge < -0.3 is 9.84 Å². The fourth-order valence-electron chi connectivity index (χ4n) is 1.59. The number of carbonyl (C=O) groups excluding carboxylic acids is 3. The highest BCUT2D eigenvalue weighted by Crippen LogP contribution is 2.16. The Morgan fingerprint density at radius 3 is 2.61 bits per heavy atom. The number of carbonyl (C=O) groups is 2. The molecule has 0 saturated carbocycles. The Morgan fingerprint density at radius 1 is 1.44 bits per heavy atom. The molecule has 18 heavy (non-hydrogen) atoms. The van der Waals surface area contributed by atoms with E-state index in [9.17, 15) is 19.5 Å². The Labute approximate surface area is 104 Å². The molecule has 0 bridgehead atoms. The molecule has 1 rings (SSSR count). The molecule has 5 heteroatoms. The maximum atomic E-state index is 11.9. The Hall–Kier alpha value is -2.01. The lowest BCUT2D eigenvalue weighted by Crippen LogP contribution is -2.31. The molecule has 1 aromatic rings. The molecule has 0 spiro atoms. The molecule has 0 aliphatic rings. The van der Waals surface area contributed by atoms with E-state index in [0.717, 1.165) is 7.11 Å². The summed E-state index contributed by atoms with van der Waals surface area (Å²) in [6.07, 6.45) is 0.293. The summed E-state index contributed by atoms with van der Waals surface area (Å²) < 4.78 is 4.28. The van der Waals surface area contributed by atoms with Crippen LogP contribution in [0.1, 0.15) is 28.4 Å². The van der Waals surface area contributed by atoms with Gasteiger partial charge in [0.25, 0.3) is 0 Å². The highest BCUT2D eigenvalue weighted by atomic mass is 16.5. The zero-order valence-electron chi connectivity index (χ0n) is 10.1. The molecule has 0 aliphatic carbocycles. The van der Waals surface area contributed by atoms with Gasteiger partial charge in [-0.2, -0.15) is 0 Å². The lowest BCUT2D eigenvalue weighted by molar-refractivity contribution is -0.147. The minimum Gasteiger partial charge on any atom is -0.467 e. The van der Waals surface area contributed by atoms with Crippen LogP contribution < -0.4 is 0 Å². The normalized spacial score (nSPS) is 11.7. The van der Waals surface area contributed by atoms with Gasteiger partial charge in [-0.15, -0.1) is 0 Å². The molecule has 1 N–H and O–H groups in total. The van der Waals surface area contributed by atoms with Gasteiger partial charge in [-0.05, 0) is 12.0 Å². The first kappa shape index (κ1) is 14.1. The van der Waals surface area contributed by atoms with Gasteiger partial charge in [-0.25, -0.2) is 4.79 Å². The van der Waals surface area contributed by atoms with E-state index in [4.69, 9.17) is 0 Å². The van der Waals surface area contributed by atoms with E-state index in [0.29, 0.717) is 12.0 Å². The van der Waals surface area contributed by atoms with Gasteiger partial charge in [-0.3, -0.25) is 9.59 Å². The van der Waals surface area contributed by atoms with Crippen molar-refractivity contribution in [2.75, 3.05) is 7.11 Å². The van der Waals surface area contributed by atoms with Gasteiger partial charge in [0.05, 0.1) is 7.11 Å². The fourth-order valence-corrected chi connectivity index (χ4v) is 1.59. The molecule has 0 saturated heterocycles. The third kappa shape index (κ3) is 2.62. The highest BCUT2D eigenvalue weighted by Gasteiger charge is 2.28. The van der Waals surface area contributed by atoms with E-state index in [1.54, 1.807) is 18.4 Å². The number of rotatable bonds is 5. The van der Waals surface area contributed by atoms with Crippen LogP contribution in [0.2, 0.25) is 0 Å². The summed E-state index contributed by atoms with van der Waals surface area (Å²) in [5, 5.41) is 9.47. The van der Waals surface area contributed by atoms with Crippen LogP contribution >= 0.6 is 0 Å². The molecule has 95 valence electrons. The number of aliphatic hydroxyl groups excluding tert-OH is 1. The Kier molecular flexibility index (Phi) is 4.74. The second-order valence-corrected chi connectivity index (χ2v) is 3.59. The number of Topliss-reactive ketones (excluding diaryl/α,β-unsaturated/α-hetero) is 1. The number of hydrogen-bond acceptors (Lipinski definition) is 5. The summed E-state index contributed by atoms with van der Waals surface area (Å²) in [7, 11) is 1.06. The van der Waals surface area contributed by atoms with E-state index in [1.165, 1.54) is 6.07 Å². The van der Waals surface area contributed by atoms with Crippen molar-refractivity contribution in [1.82, 2.24) is 0 Å². The van der Waals surface area contributed by atoms with Crippen LogP contribution in [0, 0.1) is 0 Å². The lowest BCUT2D eigenvalue weighted by Gasteiger charge is -2.10. The van der Waals surface area contributed by atoms with E-state index in [-0.39, 0.29) is 11.1 Å². The van der Waals surface area contributed by atoms with Crippen molar-refractivity contribution in [3.8, 4) is 0 Å². The molecule has 0 heterocycles. The average molecular weight is 249 g/mol. The van der Waals surface area contributed by atoms with E-state index < -0.39 is 17.9 Å². The van der Waals surface area contributed by atoms with Crippen LogP contribution in [-0.2, 0) is 20.7 Å². The summed E-state index contributed by atoms with van der Waals surface area (Å²) in [6, 6.07) is 4.63. The summed E-state index contributed by atoms with van der Waals surface area (Å²) in [4.78, 5) is 33.9. The number of aliphatic hydroxyl groups is 1. The molecule has 1 aromatic carbocycles. The first-order chi connectivity index (χ1) is 8.56. The molecule has 0 amide bonds. The topological polar surface area (TPSA) is 80.7 Å². The van der Waals surface area contributed by atoms with E-state index >= 15 is 0 Å². The van der Waals surface area contributed by atoms with Crippen molar-refractivity contribution in [3.63, 3.8) is 0 Å². The molecular weight excluding hydrogens is 236 g/mol. The number of benzene rings is 1. The zero-order chi connectivity index (χ0) is 13.7. The fraction of sp³-hybridized carbons (Fsp3) is 0.308. The minimum absolute atomic E-state index is 0.0257. The second-order valence-electron chi connectivity index (χ2n) is 3.59. The molecular formula is C13H13O5. The number of hydrogen-bond donors (Lipinski definition) is 1. The summed E-state index contributed by atoms with van der Waals surface area (Å²) in [5.74, 6) is -1.92. The first-order valence-electron chi connectivity index (χ1n) is 5.36. The molecule has 0 aromatic heterocycles. The molecule has 1 radical (unpaired) electrons. The van der Waals surface area contributed by atoms with Crippen LogP contribution in [0.5, 0.6) is 0 Å². The third-order valence-electron chi connectivity index (χ3n) is 2.57. The SMILES string of the molecule is CCc1cccc(C(=O)C(O)C(=O)OC)c1[C]=O. The van der Waals surface area contributed by atoms with E-state index in [2.05, 4.69) is 4.74 Å². The average Bonchev–Trinajstić information content (AvgIpc) is 2.43. The van der Waals surface area contributed by atoms with Crippen molar-refractivity contribution in [2.24, 2.45) is 0 Å². The number of esters is 1. The van der Waals surface area contributed by atoms with Crippen LogP contribution in [0.25, 0.3) is 0 Å². The molecule has 0 aliphatic heterocycles. The van der Waals surface area contributed by atoms with Crippen molar-refractivity contribution in [1.29, 1.82) is 0 Å². The Bertz CT molecular complexity index is 478. The second kappa shape index (κ2) is 6.07. The van der Waals surface area contributed by atoms with E-state index in [1.807, 2.05) is 6.92 Å². The zero-order valence-corrected chi connectivity index (χ0v) is 10.1. The number of aryl methyl sites for hydroxylation is 1. The number of ether oxygens (including phenoxy) is 1.